The Morgan fingerprint density at radius 2 is 1.68 bits per heavy atom. The lowest BCUT2D eigenvalue weighted by molar-refractivity contribution is 0.258. The number of hydrogen-bond acceptors (Lipinski definition) is 4. The molecule has 2 aromatic carbocycles. The minimum atomic E-state index is 0.792. The molecule has 1 N–H and O–H groups in total. The first kappa shape index (κ1) is 15.9. The van der Waals surface area contributed by atoms with Crippen LogP contribution in [-0.2, 0) is 0 Å². The SMILES string of the molecule is CNC(=S)N1CCN(C2=Nc3ccccc3Oc3ccccc32)CC1. The van der Waals surface area contributed by atoms with Crippen molar-refractivity contribution in [3.8, 4) is 11.5 Å². The highest BCUT2D eigenvalue weighted by molar-refractivity contribution is 7.80. The molecule has 6 heteroatoms. The number of thiocarbonyl (C=S) groups is 1. The second kappa shape index (κ2) is 6.72. The lowest BCUT2D eigenvalue weighted by Gasteiger charge is -2.37. The van der Waals surface area contributed by atoms with Crippen molar-refractivity contribution in [1.29, 1.82) is 0 Å². The Kier molecular flexibility index (Phi) is 4.28. The summed E-state index contributed by atoms with van der Waals surface area (Å²) in [4.78, 5) is 9.46. The number of hydrogen-bond donors (Lipinski definition) is 1. The summed E-state index contributed by atoms with van der Waals surface area (Å²) in [5.41, 5.74) is 1.89. The van der Waals surface area contributed by atoms with Gasteiger partial charge in [0.05, 0.1) is 5.56 Å². The Balaban J connectivity index is 1.68. The predicted molar refractivity (Wildman–Crippen MR) is 104 cm³/mol. The molecule has 2 aromatic rings. The van der Waals surface area contributed by atoms with E-state index in [0.717, 1.165) is 59.9 Å². The van der Waals surface area contributed by atoms with Crippen LogP contribution in [0.15, 0.2) is 53.5 Å². The summed E-state index contributed by atoms with van der Waals surface area (Å²) in [6.07, 6.45) is 0. The van der Waals surface area contributed by atoms with E-state index in [4.69, 9.17) is 21.9 Å². The molecule has 0 amide bonds. The van der Waals surface area contributed by atoms with Gasteiger partial charge in [-0.25, -0.2) is 4.99 Å². The number of ether oxygens (including phenoxy) is 1. The zero-order valence-corrected chi connectivity index (χ0v) is 14.9. The second-order valence-corrected chi connectivity index (χ2v) is 6.42. The van der Waals surface area contributed by atoms with Gasteiger partial charge in [0.1, 0.15) is 17.3 Å². The lowest BCUT2D eigenvalue weighted by atomic mass is 10.1. The van der Waals surface area contributed by atoms with Gasteiger partial charge in [0.25, 0.3) is 0 Å². The van der Waals surface area contributed by atoms with E-state index in [1.165, 1.54) is 0 Å². The van der Waals surface area contributed by atoms with Gasteiger partial charge in [0.2, 0.25) is 0 Å². The molecule has 4 rings (SSSR count). The van der Waals surface area contributed by atoms with E-state index in [0.29, 0.717) is 0 Å². The Hall–Kier alpha value is -2.60. The number of aliphatic imine (C=N–C) groups is 1. The Labute approximate surface area is 152 Å². The standard InChI is InChI=1S/C19H20N4OS/c1-20-19(25)23-12-10-22(11-13-23)18-14-6-2-4-8-16(14)24-17-9-5-3-7-15(17)21-18/h2-9H,10-13H2,1H3,(H,20,25). The predicted octanol–water partition coefficient (Wildman–Crippen LogP) is 2.99. The van der Waals surface area contributed by atoms with E-state index in [9.17, 15) is 0 Å². The number of nitrogens with zero attached hydrogens (tertiary/aromatic N) is 3. The van der Waals surface area contributed by atoms with Crippen molar-refractivity contribution in [2.24, 2.45) is 4.99 Å². The van der Waals surface area contributed by atoms with Crippen molar-refractivity contribution in [2.75, 3.05) is 33.2 Å². The molecule has 2 heterocycles. The van der Waals surface area contributed by atoms with E-state index in [2.05, 4.69) is 21.2 Å². The molecule has 0 atom stereocenters. The first-order valence-corrected chi connectivity index (χ1v) is 8.83. The van der Waals surface area contributed by atoms with Crippen molar-refractivity contribution in [1.82, 2.24) is 15.1 Å². The number of para-hydroxylation sites is 3. The van der Waals surface area contributed by atoms with Gasteiger partial charge >= 0.3 is 0 Å². The smallest absolute Gasteiger partial charge is 0.168 e. The van der Waals surface area contributed by atoms with Crippen molar-refractivity contribution in [3.63, 3.8) is 0 Å². The highest BCUT2D eigenvalue weighted by Gasteiger charge is 2.26. The summed E-state index contributed by atoms with van der Waals surface area (Å²) in [7, 11) is 1.87. The van der Waals surface area contributed by atoms with Crippen LogP contribution in [0.3, 0.4) is 0 Å². The molecule has 1 saturated heterocycles. The van der Waals surface area contributed by atoms with Gasteiger partial charge in [0.15, 0.2) is 10.9 Å². The summed E-state index contributed by atoms with van der Waals surface area (Å²) in [6, 6.07) is 16.0. The van der Waals surface area contributed by atoms with E-state index < -0.39 is 0 Å². The first-order valence-electron chi connectivity index (χ1n) is 8.43. The number of amidine groups is 1. The molecular weight excluding hydrogens is 332 g/mol. The van der Waals surface area contributed by atoms with E-state index in [1.807, 2.05) is 49.5 Å². The van der Waals surface area contributed by atoms with Gasteiger partial charge in [-0.15, -0.1) is 0 Å². The van der Waals surface area contributed by atoms with Crippen LogP contribution in [0.5, 0.6) is 11.5 Å². The third kappa shape index (κ3) is 3.05. The van der Waals surface area contributed by atoms with Crippen LogP contribution in [0.25, 0.3) is 0 Å². The molecule has 2 aliphatic heterocycles. The van der Waals surface area contributed by atoms with Gasteiger partial charge < -0.3 is 19.9 Å². The molecule has 0 aliphatic carbocycles. The molecule has 128 valence electrons. The number of benzene rings is 2. The van der Waals surface area contributed by atoms with E-state index in [1.54, 1.807) is 0 Å². The largest absolute Gasteiger partial charge is 0.454 e. The highest BCUT2D eigenvalue weighted by atomic mass is 32.1. The molecule has 1 fully saturated rings. The monoisotopic (exact) mass is 352 g/mol. The minimum Gasteiger partial charge on any atom is -0.454 e. The Morgan fingerprint density at radius 3 is 2.44 bits per heavy atom. The van der Waals surface area contributed by atoms with Crippen LogP contribution in [0.2, 0.25) is 0 Å². The van der Waals surface area contributed by atoms with Crippen LogP contribution in [0, 0.1) is 0 Å². The normalized spacial score (nSPS) is 16.1. The molecule has 0 aromatic heterocycles. The average molecular weight is 352 g/mol. The molecule has 0 radical (unpaired) electrons. The fraction of sp³-hybridized carbons (Fsp3) is 0.263. The maximum atomic E-state index is 6.12. The third-order valence-corrected chi connectivity index (χ3v) is 4.98. The zero-order valence-electron chi connectivity index (χ0n) is 14.1. The van der Waals surface area contributed by atoms with Crippen LogP contribution in [-0.4, -0.2) is 54.0 Å². The summed E-state index contributed by atoms with van der Waals surface area (Å²) >= 11 is 5.35. The minimum absolute atomic E-state index is 0.792. The maximum Gasteiger partial charge on any atom is 0.168 e. The average Bonchev–Trinajstić information content (AvgIpc) is 2.84. The third-order valence-electron chi connectivity index (χ3n) is 4.52. The van der Waals surface area contributed by atoms with Crippen molar-refractivity contribution in [2.45, 2.75) is 0 Å². The molecule has 0 unspecified atom stereocenters. The molecule has 2 aliphatic rings. The Morgan fingerprint density at radius 1 is 1.00 bits per heavy atom. The highest BCUT2D eigenvalue weighted by Crippen LogP contribution is 2.37. The van der Waals surface area contributed by atoms with Crippen LogP contribution in [0.4, 0.5) is 5.69 Å². The number of fused-ring (bicyclic) bond motifs is 2. The van der Waals surface area contributed by atoms with Gasteiger partial charge in [-0.3, -0.25) is 0 Å². The molecular formula is C19H20N4OS. The molecule has 5 nitrogen and oxygen atoms in total. The molecule has 0 saturated carbocycles. The topological polar surface area (TPSA) is 40.1 Å². The quantitative estimate of drug-likeness (QED) is 0.738. The van der Waals surface area contributed by atoms with Gasteiger partial charge in [-0.05, 0) is 36.5 Å². The second-order valence-electron chi connectivity index (χ2n) is 6.03. The number of nitrogens with one attached hydrogen (secondary N) is 1. The lowest BCUT2D eigenvalue weighted by Crippen LogP contribution is -2.52. The molecule has 0 bridgehead atoms. The summed E-state index contributed by atoms with van der Waals surface area (Å²) in [5.74, 6) is 2.61. The number of rotatable bonds is 0. The maximum absolute atomic E-state index is 6.12. The van der Waals surface area contributed by atoms with E-state index >= 15 is 0 Å². The zero-order chi connectivity index (χ0) is 17.2. The van der Waals surface area contributed by atoms with Gasteiger partial charge in [-0.1, -0.05) is 24.3 Å². The van der Waals surface area contributed by atoms with Gasteiger partial charge in [-0.2, -0.15) is 0 Å². The van der Waals surface area contributed by atoms with Gasteiger partial charge in [0, 0.05) is 33.2 Å². The molecule has 25 heavy (non-hydrogen) atoms. The van der Waals surface area contributed by atoms with Crippen LogP contribution < -0.4 is 10.1 Å². The first-order chi connectivity index (χ1) is 12.3. The van der Waals surface area contributed by atoms with E-state index in [-0.39, 0.29) is 0 Å². The fourth-order valence-electron chi connectivity index (χ4n) is 3.19. The summed E-state index contributed by atoms with van der Waals surface area (Å²) in [6.45, 7) is 3.50. The van der Waals surface area contributed by atoms with Crippen molar-refractivity contribution in [3.05, 3.63) is 54.1 Å². The summed E-state index contributed by atoms with van der Waals surface area (Å²) in [5, 5.41) is 3.86. The molecule has 0 spiro atoms. The van der Waals surface area contributed by atoms with Crippen molar-refractivity contribution < 1.29 is 4.74 Å². The summed E-state index contributed by atoms with van der Waals surface area (Å²) < 4.78 is 6.12. The number of piperazine rings is 1. The fourth-order valence-corrected chi connectivity index (χ4v) is 3.37. The Bertz CT molecular complexity index is 828. The van der Waals surface area contributed by atoms with Crippen LogP contribution >= 0.6 is 12.2 Å². The van der Waals surface area contributed by atoms with Crippen molar-refractivity contribution >= 4 is 28.9 Å². The van der Waals surface area contributed by atoms with Crippen LogP contribution in [0.1, 0.15) is 5.56 Å².